The van der Waals surface area contributed by atoms with Gasteiger partial charge in [-0.1, -0.05) is 41.4 Å². The van der Waals surface area contributed by atoms with Crippen LogP contribution >= 0.6 is 23.2 Å². The number of ketones is 1. The van der Waals surface area contributed by atoms with Crippen LogP contribution in [0, 0.1) is 23.3 Å². The number of urea groups is 2. The van der Waals surface area contributed by atoms with Gasteiger partial charge in [0.1, 0.15) is 23.3 Å². The van der Waals surface area contributed by atoms with Crippen LogP contribution in [0.25, 0.3) is 11.5 Å². The van der Waals surface area contributed by atoms with Crippen LogP contribution in [-0.4, -0.2) is 143 Å². The Hall–Kier alpha value is -5.81. The molecule has 3 heterocycles. The number of aliphatic hydroxyl groups is 2. The number of amides is 4. The third kappa shape index (κ3) is 13.0. The zero-order chi connectivity index (χ0) is 49.1. The molecule has 2 aliphatic heterocycles. The molecule has 15 nitrogen and oxygen atoms in total. The fourth-order valence-electron chi connectivity index (χ4n) is 7.35. The summed E-state index contributed by atoms with van der Waals surface area (Å²) in [7, 11) is 0. The Morgan fingerprint density at radius 1 is 0.647 bits per heavy atom. The molecule has 4 amide bonds. The Morgan fingerprint density at radius 2 is 1.12 bits per heavy atom. The van der Waals surface area contributed by atoms with Gasteiger partial charge in [0, 0.05) is 99.1 Å². The van der Waals surface area contributed by atoms with E-state index >= 15 is 4.39 Å². The molecule has 0 aliphatic carbocycles. The SMILES string of the molecule is NCC(=O)c1ccc(CN(C(=O)N2CCN(CCO)CC2)c2ccc(F)c(Cl)c2)c(F)c1.O=C(N1CCN(CCO)CC1)N(Cc1ccc(-c2nnc(C(F)F)o2)cc1F)c1ccc(F)c(Cl)c1. The molecule has 1 aromatic heterocycles. The summed E-state index contributed by atoms with van der Waals surface area (Å²) in [6.45, 7) is 4.40. The van der Waals surface area contributed by atoms with Gasteiger partial charge in [0.15, 0.2) is 5.78 Å². The smallest absolute Gasteiger partial charge is 0.324 e. The topological polar surface area (TPSA) is 176 Å². The molecule has 5 aromatic rings. The number of aromatic nitrogens is 2. The standard InChI is InChI=1S/C23H22ClF4N5O3.C22H25ClF2N4O3/c24-17-12-16(3-4-18(17)25)33(23(35)32-7-5-31(6-8-32)9-10-34)13-15-2-1-14(11-19(15)26)21-29-30-22(36-21)20(27)28;23-18-12-17(3-4-19(18)24)29(22(32)28-7-5-27(6-8-28)9-10-30)14-16-2-1-15(11-20(16)25)21(31)13-26/h1-4,11-12,20,34H,5-10,13H2;1-4,11-12,30H,5-10,13-14,26H2. The van der Waals surface area contributed by atoms with Crippen molar-refractivity contribution in [3.63, 3.8) is 0 Å². The third-order valence-electron chi connectivity index (χ3n) is 11.2. The molecule has 2 fully saturated rings. The number of carbonyl (C=O) groups is 3. The zero-order valence-corrected chi connectivity index (χ0v) is 37.8. The molecule has 7 rings (SSSR count). The molecular weight excluding hydrogens is 947 g/mol. The number of halogens is 8. The van der Waals surface area contributed by atoms with Crippen molar-refractivity contribution in [1.82, 2.24) is 29.8 Å². The first-order chi connectivity index (χ1) is 32.6. The van der Waals surface area contributed by atoms with E-state index in [4.69, 9.17) is 43.6 Å². The normalized spacial score (nSPS) is 14.5. The largest absolute Gasteiger partial charge is 0.415 e. The highest BCUT2D eigenvalue weighted by Gasteiger charge is 2.30. The molecule has 364 valence electrons. The van der Waals surface area contributed by atoms with Crippen molar-refractivity contribution in [2.75, 3.05) is 95.0 Å². The number of carbonyl (C=O) groups excluding carboxylic acids is 3. The van der Waals surface area contributed by atoms with Gasteiger partial charge in [-0.3, -0.25) is 24.4 Å². The van der Waals surface area contributed by atoms with Crippen LogP contribution in [0.15, 0.2) is 77.2 Å². The minimum absolute atomic E-state index is 0.0104. The highest BCUT2D eigenvalue weighted by Crippen LogP contribution is 2.30. The summed E-state index contributed by atoms with van der Waals surface area (Å²) >= 11 is 11.9. The monoisotopic (exact) mass is 993 g/mol. The Morgan fingerprint density at radius 3 is 1.51 bits per heavy atom. The minimum Gasteiger partial charge on any atom is -0.415 e. The highest BCUT2D eigenvalue weighted by atomic mass is 35.5. The van der Waals surface area contributed by atoms with E-state index in [1.807, 2.05) is 9.80 Å². The van der Waals surface area contributed by atoms with Crippen molar-refractivity contribution >= 4 is 52.4 Å². The van der Waals surface area contributed by atoms with Gasteiger partial charge >= 0.3 is 18.5 Å². The molecular formula is C45H47Cl2F6N9O6. The fraction of sp³-hybridized carbons (Fsp3) is 0.356. The maximum Gasteiger partial charge on any atom is 0.324 e. The van der Waals surface area contributed by atoms with Crippen LogP contribution in [0.1, 0.15) is 33.8 Å². The van der Waals surface area contributed by atoms with E-state index < -0.39 is 47.4 Å². The molecule has 68 heavy (non-hydrogen) atoms. The number of aliphatic hydroxyl groups excluding tert-OH is 2. The number of nitrogens with two attached hydrogens (primary N) is 1. The zero-order valence-electron chi connectivity index (χ0n) is 36.3. The van der Waals surface area contributed by atoms with Crippen molar-refractivity contribution in [1.29, 1.82) is 0 Å². The van der Waals surface area contributed by atoms with Crippen LogP contribution < -0.4 is 15.5 Å². The van der Waals surface area contributed by atoms with E-state index in [2.05, 4.69) is 10.2 Å². The molecule has 4 aromatic carbocycles. The fourth-order valence-corrected chi connectivity index (χ4v) is 7.70. The Balaban J connectivity index is 0.000000226. The summed E-state index contributed by atoms with van der Waals surface area (Å²) in [5.41, 5.74) is 6.47. The van der Waals surface area contributed by atoms with Gasteiger partial charge in [-0.25, -0.2) is 27.2 Å². The Bertz CT molecular complexity index is 2550. The van der Waals surface area contributed by atoms with E-state index in [-0.39, 0.29) is 82.8 Å². The molecule has 0 unspecified atom stereocenters. The second-order valence-corrected chi connectivity index (χ2v) is 16.3. The van der Waals surface area contributed by atoms with Gasteiger partial charge in [0.05, 0.1) is 42.9 Å². The average Bonchev–Trinajstić information content (AvgIpc) is 3.84. The van der Waals surface area contributed by atoms with E-state index in [9.17, 15) is 36.3 Å². The number of rotatable bonds is 14. The van der Waals surface area contributed by atoms with Gasteiger partial charge in [0.25, 0.3) is 5.89 Å². The molecule has 23 heteroatoms. The van der Waals surface area contributed by atoms with Gasteiger partial charge < -0.3 is 30.2 Å². The molecule has 0 spiro atoms. The van der Waals surface area contributed by atoms with Crippen LogP contribution in [0.4, 0.5) is 47.3 Å². The first-order valence-corrected chi connectivity index (χ1v) is 22.0. The number of β-amino-alcohol motifs (C(OH)–C–C–N with tert-alkyl or cyclic N) is 2. The molecule has 2 aliphatic rings. The summed E-state index contributed by atoms with van der Waals surface area (Å²) in [4.78, 5) is 48.4. The van der Waals surface area contributed by atoms with Gasteiger partial charge in [-0.2, -0.15) is 8.78 Å². The predicted molar refractivity (Wildman–Crippen MR) is 241 cm³/mol. The maximum atomic E-state index is 15.1. The van der Waals surface area contributed by atoms with Crippen molar-refractivity contribution < 1.29 is 55.4 Å². The van der Waals surface area contributed by atoms with Crippen molar-refractivity contribution in [2.24, 2.45) is 5.73 Å². The van der Waals surface area contributed by atoms with Gasteiger partial charge in [-0.15, -0.1) is 10.2 Å². The first kappa shape index (κ1) is 51.6. The molecule has 0 saturated carbocycles. The molecule has 0 bridgehead atoms. The predicted octanol–water partition coefficient (Wildman–Crippen LogP) is 6.84. The average molecular weight is 995 g/mol. The Kier molecular flexibility index (Phi) is 18.2. The molecule has 4 N–H and O–H groups in total. The number of anilines is 2. The van der Waals surface area contributed by atoms with Gasteiger partial charge in [-0.05, 0) is 54.6 Å². The van der Waals surface area contributed by atoms with Crippen LogP contribution in [0.5, 0.6) is 0 Å². The van der Waals surface area contributed by atoms with Crippen molar-refractivity contribution in [3.05, 3.63) is 129 Å². The number of hydrogen-bond donors (Lipinski definition) is 3. The Labute approximate surface area is 396 Å². The van der Waals surface area contributed by atoms with E-state index in [0.29, 0.717) is 71.1 Å². The van der Waals surface area contributed by atoms with Gasteiger partial charge in [0.2, 0.25) is 5.89 Å². The number of piperazine rings is 2. The lowest BCUT2D eigenvalue weighted by molar-refractivity contribution is 0.100. The lowest BCUT2D eigenvalue weighted by Crippen LogP contribution is -2.53. The summed E-state index contributed by atoms with van der Waals surface area (Å²) in [5, 5.41) is 24.6. The summed E-state index contributed by atoms with van der Waals surface area (Å²) in [6, 6.07) is 14.7. The summed E-state index contributed by atoms with van der Waals surface area (Å²) in [6.07, 6.45) is -2.96. The van der Waals surface area contributed by atoms with Crippen LogP contribution in [0.2, 0.25) is 10.0 Å². The van der Waals surface area contributed by atoms with E-state index in [0.717, 1.165) is 24.3 Å². The number of alkyl halides is 2. The number of hydrogen-bond acceptors (Lipinski definition) is 11. The lowest BCUT2D eigenvalue weighted by atomic mass is 10.1. The molecule has 2 saturated heterocycles. The number of benzene rings is 4. The van der Waals surface area contributed by atoms with Crippen molar-refractivity contribution in [3.8, 4) is 11.5 Å². The van der Waals surface area contributed by atoms with E-state index in [1.165, 1.54) is 58.3 Å². The minimum atomic E-state index is -2.96. The second-order valence-electron chi connectivity index (χ2n) is 15.5. The highest BCUT2D eigenvalue weighted by molar-refractivity contribution is 6.31. The summed E-state index contributed by atoms with van der Waals surface area (Å²) in [5.74, 6) is -4.21. The van der Waals surface area contributed by atoms with Crippen molar-refractivity contribution in [2.45, 2.75) is 19.5 Å². The maximum absolute atomic E-state index is 15.1. The number of Topliss-reactive ketones (excluding diaryl/α,β-unsaturated/α-hetero) is 1. The lowest BCUT2D eigenvalue weighted by Gasteiger charge is -2.37. The third-order valence-corrected chi connectivity index (χ3v) is 11.7. The quantitative estimate of drug-likeness (QED) is 0.0785. The summed E-state index contributed by atoms with van der Waals surface area (Å²) < 4.78 is 87.6. The first-order valence-electron chi connectivity index (χ1n) is 21.2. The molecule has 0 atom stereocenters. The van der Waals surface area contributed by atoms with E-state index in [1.54, 1.807) is 9.80 Å². The molecule has 0 radical (unpaired) electrons. The van der Waals surface area contributed by atoms with Crippen LogP contribution in [-0.2, 0) is 13.1 Å². The number of nitrogens with zero attached hydrogens (tertiary/aromatic N) is 8. The van der Waals surface area contributed by atoms with Crippen LogP contribution in [0.3, 0.4) is 0 Å². The second kappa shape index (κ2) is 24.0.